The topological polar surface area (TPSA) is 58.2 Å². The van der Waals surface area contributed by atoms with Crippen LogP contribution < -0.4 is 10.6 Å². The molecule has 0 aromatic heterocycles. The van der Waals surface area contributed by atoms with Crippen molar-refractivity contribution in [3.63, 3.8) is 0 Å². The summed E-state index contributed by atoms with van der Waals surface area (Å²) in [5, 5.41) is 5.98. The Hall–Kier alpha value is -0.810. The van der Waals surface area contributed by atoms with Gasteiger partial charge in [0.2, 0.25) is 0 Å². The first-order valence-corrected chi connectivity index (χ1v) is 11.9. The molecule has 2 aromatic rings. The number of hydrogen-bond acceptors (Lipinski definition) is 3. The van der Waals surface area contributed by atoms with Gasteiger partial charge in [-0.1, -0.05) is 6.07 Å². The van der Waals surface area contributed by atoms with Crippen molar-refractivity contribution >= 4 is 74.4 Å². The van der Waals surface area contributed by atoms with Gasteiger partial charge in [-0.15, -0.1) is 0 Å². The van der Waals surface area contributed by atoms with Crippen LogP contribution in [0.25, 0.3) is 0 Å². The Labute approximate surface area is 191 Å². The highest BCUT2D eigenvalue weighted by molar-refractivity contribution is 14.1. The number of rotatable bonds is 6. The monoisotopic (exact) mass is 608 g/mol. The van der Waals surface area contributed by atoms with Gasteiger partial charge >= 0.3 is 0 Å². The number of benzene rings is 2. The summed E-state index contributed by atoms with van der Waals surface area (Å²) in [6.07, 6.45) is 2.00. The van der Waals surface area contributed by atoms with E-state index in [0.29, 0.717) is 11.1 Å². The van der Waals surface area contributed by atoms with Crippen LogP contribution in [0.1, 0.15) is 40.1 Å². The molecular weight excluding hydrogens is 586 g/mol. The molecule has 0 unspecified atom stereocenters. The number of anilines is 1. The van der Waals surface area contributed by atoms with E-state index in [4.69, 9.17) is 0 Å². The summed E-state index contributed by atoms with van der Waals surface area (Å²) in [5.74, 6) is 0.264. The number of hydrogen-bond donors (Lipinski definition) is 2. The van der Waals surface area contributed by atoms with Gasteiger partial charge in [-0.3, -0.25) is 9.59 Å². The lowest BCUT2D eigenvalue weighted by molar-refractivity contribution is 0.0909. The number of carbonyl (C=O) groups is 2. The molecule has 0 spiro atoms. The summed E-state index contributed by atoms with van der Waals surface area (Å²) in [7, 11) is 0. The summed E-state index contributed by atoms with van der Waals surface area (Å²) in [6.45, 7) is 5.91. The van der Waals surface area contributed by atoms with Crippen LogP contribution in [-0.4, -0.2) is 29.4 Å². The van der Waals surface area contributed by atoms with Gasteiger partial charge in [0, 0.05) is 24.1 Å². The number of amides is 2. The van der Waals surface area contributed by atoms with Crippen molar-refractivity contribution in [3.8, 4) is 0 Å². The molecule has 0 heterocycles. The highest BCUT2D eigenvalue weighted by Crippen LogP contribution is 2.22. The minimum absolute atomic E-state index is 0.233. The Bertz CT molecular complexity index is 869. The Kier molecular flexibility index (Phi) is 7.99. The third-order valence-electron chi connectivity index (χ3n) is 3.88. The summed E-state index contributed by atoms with van der Waals surface area (Å²) in [4.78, 5) is 25.9. The molecular formula is C20H22I2N2O2S. The van der Waals surface area contributed by atoms with E-state index in [-0.39, 0.29) is 17.4 Å². The van der Waals surface area contributed by atoms with Crippen LogP contribution >= 0.6 is 56.9 Å². The molecule has 144 valence electrons. The van der Waals surface area contributed by atoms with Gasteiger partial charge in [-0.2, -0.15) is 11.8 Å². The van der Waals surface area contributed by atoms with E-state index in [1.54, 1.807) is 23.9 Å². The Morgan fingerprint density at radius 1 is 1.11 bits per heavy atom. The van der Waals surface area contributed by atoms with Gasteiger partial charge in [0.15, 0.2) is 0 Å². The second-order valence-corrected chi connectivity index (χ2v) is 10.1. The summed E-state index contributed by atoms with van der Waals surface area (Å²) >= 11 is 6.01. The van der Waals surface area contributed by atoms with E-state index in [1.165, 1.54) is 0 Å². The quantitative estimate of drug-likeness (QED) is 0.437. The number of aryl methyl sites for hydroxylation is 1. The molecule has 7 heteroatoms. The largest absolute Gasteiger partial charge is 0.346 e. The fourth-order valence-corrected chi connectivity index (χ4v) is 4.85. The lowest BCUT2D eigenvalue weighted by Gasteiger charge is -2.26. The van der Waals surface area contributed by atoms with Crippen LogP contribution in [0.4, 0.5) is 5.69 Å². The van der Waals surface area contributed by atoms with Crippen LogP contribution in [-0.2, 0) is 0 Å². The molecule has 2 amide bonds. The first-order chi connectivity index (χ1) is 12.6. The van der Waals surface area contributed by atoms with Crippen molar-refractivity contribution in [2.24, 2.45) is 0 Å². The van der Waals surface area contributed by atoms with Crippen molar-refractivity contribution in [2.75, 3.05) is 17.3 Å². The average Bonchev–Trinajstić information content (AvgIpc) is 2.56. The zero-order valence-electron chi connectivity index (χ0n) is 15.7. The predicted octanol–water partition coefficient (Wildman–Crippen LogP) is 5.33. The summed E-state index contributed by atoms with van der Waals surface area (Å²) < 4.78 is 1.85. The normalized spacial score (nSPS) is 11.2. The van der Waals surface area contributed by atoms with Crippen molar-refractivity contribution in [1.82, 2.24) is 5.32 Å². The van der Waals surface area contributed by atoms with E-state index < -0.39 is 0 Å². The standard InChI is InChI=1S/C20H22I2N2O2S/c1-12-10-13(21)8-9-16(12)23-18(25)14-6-5-7-15(22)17(14)19(26)24-20(2,3)11-27-4/h5-10H,11H2,1-4H3,(H,23,25)(H,24,26). The second-order valence-electron chi connectivity index (χ2n) is 6.85. The number of nitrogens with one attached hydrogen (secondary N) is 2. The van der Waals surface area contributed by atoms with Gasteiger partial charge in [0.1, 0.15) is 0 Å². The first kappa shape index (κ1) is 22.5. The lowest BCUT2D eigenvalue weighted by atomic mass is 10.0. The van der Waals surface area contributed by atoms with E-state index in [2.05, 4.69) is 55.8 Å². The molecule has 0 aliphatic heterocycles. The smallest absolute Gasteiger partial charge is 0.256 e. The number of carbonyl (C=O) groups excluding carboxylic acids is 2. The Morgan fingerprint density at radius 3 is 2.44 bits per heavy atom. The third kappa shape index (κ3) is 6.08. The van der Waals surface area contributed by atoms with Crippen LogP contribution in [0.2, 0.25) is 0 Å². The maximum atomic E-state index is 12.9. The van der Waals surface area contributed by atoms with Gasteiger partial charge in [-0.05, 0) is 108 Å². The maximum absolute atomic E-state index is 12.9. The number of halogens is 2. The summed E-state index contributed by atoms with van der Waals surface area (Å²) in [5.41, 5.74) is 2.14. The molecule has 0 bridgehead atoms. The van der Waals surface area contributed by atoms with Crippen LogP contribution in [0.15, 0.2) is 36.4 Å². The Balaban J connectivity index is 2.33. The average molecular weight is 608 g/mol. The minimum Gasteiger partial charge on any atom is -0.346 e. The second kappa shape index (κ2) is 9.60. The number of thioether (sulfide) groups is 1. The van der Waals surface area contributed by atoms with Gasteiger partial charge < -0.3 is 10.6 Å². The van der Waals surface area contributed by atoms with Crippen molar-refractivity contribution < 1.29 is 9.59 Å². The zero-order valence-corrected chi connectivity index (χ0v) is 20.8. The Morgan fingerprint density at radius 2 is 1.81 bits per heavy atom. The maximum Gasteiger partial charge on any atom is 0.256 e. The van der Waals surface area contributed by atoms with Gasteiger partial charge in [0.25, 0.3) is 11.8 Å². The molecule has 0 saturated heterocycles. The highest BCUT2D eigenvalue weighted by Gasteiger charge is 2.25. The molecule has 0 atom stereocenters. The molecule has 0 saturated carbocycles. The van der Waals surface area contributed by atoms with Crippen LogP contribution in [0.3, 0.4) is 0 Å². The lowest BCUT2D eigenvalue weighted by Crippen LogP contribution is -2.46. The summed E-state index contributed by atoms with van der Waals surface area (Å²) in [6, 6.07) is 11.1. The molecule has 0 radical (unpaired) electrons. The van der Waals surface area contributed by atoms with E-state index in [9.17, 15) is 9.59 Å². The van der Waals surface area contributed by atoms with E-state index >= 15 is 0 Å². The van der Waals surface area contributed by atoms with E-state index in [0.717, 1.165) is 24.1 Å². The van der Waals surface area contributed by atoms with Crippen LogP contribution in [0, 0.1) is 14.1 Å². The molecule has 27 heavy (non-hydrogen) atoms. The minimum atomic E-state index is -0.365. The fourth-order valence-electron chi connectivity index (χ4n) is 2.67. The molecule has 2 aromatic carbocycles. The van der Waals surface area contributed by atoms with E-state index in [1.807, 2.05) is 51.3 Å². The van der Waals surface area contributed by atoms with Gasteiger partial charge in [-0.25, -0.2) is 0 Å². The van der Waals surface area contributed by atoms with Crippen molar-refractivity contribution in [3.05, 3.63) is 60.2 Å². The van der Waals surface area contributed by atoms with Crippen LogP contribution in [0.5, 0.6) is 0 Å². The van der Waals surface area contributed by atoms with Crippen molar-refractivity contribution in [1.29, 1.82) is 0 Å². The molecule has 4 nitrogen and oxygen atoms in total. The highest BCUT2D eigenvalue weighted by atomic mass is 127. The van der Waals surface area contributed by atoms with Crippen molar-refractivity contribution in [2.45, 2.75) is 26.3 Å². The molecule has 0 fully saturated rings. The SMILES string of the molecule is CSCC(C)(C)NC(=O)c1c(I)cccc1C(=O)Nc1ccc(I)cc1C. The molecule has 2 rings (SSSR count). The first-order valence-electron chi connectivity index (χ1n) is 8.32. The van der Waals surface area contributed by atoms with Gasteiger partial charge in [0.05, 0.1) is 11.1 Å². The molecule has 0 aliphatic rings. The fraction of sp³-hybridized carbons (Fsp3) is 0.300. The predicted molar refractivity (Wildman–Crippen MR) is 131 cm³/mol. The zero-order chi connectivity index (χ0) is 20.2. The third-order valence-corrected chi connectivity index (χ3v) is 6.46. The molecule has 2 N–H and O–H groups in total. The molecule has 0 aliphatic carbocycles.